The summed E-state index contributed by atoms with van der Waals surface area (Å²) in [6.45, 7) is 1.88. The van der Waals surface area contributed by atoms with E-state index < -0.39 is 5.97 Å². The molecule has 1 fully saturated rings. The van der Waals surface area contributed by atoms with Gasteiger partial charge in [-0.25, -0.2) is 0 Å². The van der Waals surface area contributed by atoms with Crippen LogP contribution in [0.2, 0.25) is 5.02 Å². The van der Waals surface area contributed by atoms with Gasteiger partial charge < -0.3 is 14.8 Å². The third-order valence-electron chi connectivity index (χ3n) is 5.59. The second kappa shape index (κ2) is 7.88. The predicted molar refractivity (Wildman–Crippen MR) is 112 cm³/mol. The van der Waals surface area contributed by atoms with Crippen LogP contribution < -0.4 is 4.74 Å². The van der Waals surface area contributed by atoms with Gasteiger partial charge in [-0.2, -0.15) is 0 Å². The van der Waals surface area contributed by atoms with E-state index in [0.29, 0.717) is 16.3 Å². The maximum absolute atomic E-state index is 10.9. The first-order valence-electron chi connectivity index (χ1n) is 9.78. The van der Waals surface area contributed by atoms with Crippen LogP contribution in [0.15, 0.2) is 36.5 Å². The number of hydrogen-bond donors (Lipinski definition) is 2. The molecule has 0 radical (unpaired) electrons. The average Bonchev–Trinajstić information content (AvgIpc) is 3.28. The number of aromatic amines is 1. The summed E-state index contributed by atoms with van der Waals surface area (Å²) in [5.74, 6) is 1.21. The first kappa shape index (κ1) is 18.9. The number of ether oxygens (including phenoxy) is 1. The Morgan fingerprint density at radius 2 is 2.04 bits per heavy atom. The molecule has 2 N–H and O–H groups in total. The van der Waals surface area contributed by atoms with Gasteiger partial charge in [-0.15, -0.1) is 0 Å². The predicted octanol–water partition coefficient (Wildman–Crippen LogP) is 6.28. The molecule has 4 nitrogen and oxygen atoms in total. The van der Waals surface area contributed by atoms with Crippen LogP contribution in [-0.2, 0) is 17.6 Å². The Labute approximate surface area is 169 Å². The van der Waals surface area contributed by atoms with Crippen molar-refractivity contribution < 1.29 is 14.6 Å². The van der Waals surface area contributed by atoms with Crippen LogP contribution >= 0.6 is 11.6 Å². The third kappa shape index (κ3) is 4.02. The monoisotopic (exact) mass is 397 g/mol. The molecule has 0 aliphatic heterocycles. The summed E-state index contributed by atoms with van der Waals surface area (Å²) < 4.78 is 6.11. The van der Waals surface area contributed by atoms with Gasteiger partial charge in [0.25, 0.3) is 0 Å². The van der Waals surface area contributed by atoms with Gasteiger partial charge in [0.1, 0.15) is 11.5 Å². The molecule has 0 atom stereocenters. The van der Waals surface area contributed by atoms with Gasteiger partial charge in [0.05, 0.1) is 11.4 Å². The smallest absolute Gasteiger partial charge is 0.307 e. The van der Waals surface area contributed by atoms with Crippen LogP contribution in [0.3, 0.4) is 0 Å². The van der Waals surface area contributed by atoms with E-state index in [2.05, 4.69) is 17.2 Å². The van der Waals surface area contributed by atoms with E-state index in [9.17, 15) is 4.79 Å². The third-order valence-corrected chi connectivity index (χ3v) is 5.87. The molecule has 1 saturated carbocycles. The van der Waals surface area contributed by atoms with Crippen LogP contribution in [0.5, 0.6) is 11.5 Å². The lowest BCUT2D eigenvalue weighted by Gasteiger charge is -2.13. The van der Waals surface area contributed by atoms with Crippen molar-refractivity contribution in [3.8, 4) is 11.5 Å². The summed E-state index contributed by atoms with van der Waals surface area (Å²) >= 11 is 6.39. The number of carboxylic acid groups (broad SMARTS) is 1. The minimum absolute atomic E-state index is 0.0549. The van der Waals surface area contributed by atoms with Crippen molar-refractivity contribution in [1.29, 1.82) is 0 Å². The molecule has 4 rings (SSSR count). The molecule has 0 bridgehead atoms. The van der Waals surface area contributed by atoms with Crippen molar-refractivity contribution in [2.24, 2.45) is 5.92 Å². The van der Waals surface area contributed by atoms with Gasteiger partial charge >= 0.3 is 5.97 Å². The van der Waals surface area contributed by atoms with Crippen molar-refractivity contribution in [3.05, 3.63) is 58.2 Å². The molecule has 0 spiro atoms. The number of aliphatic carboxylic acids is 1. The first-order valence-corrected chi connectivity index (χ1v) is 10.2. The number of halogens is 1. The molecule has 1 heterocycles. The number of benzene rings is 2. The fourth-order valence-electron chi connectivity index (χ4n) is 4.24. The molecule has 28 heavy (non-hydrogen) atoms. The molecule has 146 valence electrons. The summed E-state index contributed by atoms with van der Waals surface area (Å²) in [4.78, 5) is 14.3. The van der Waals surface area contributed by atoms with Crippen LogP contribution in [0.25, 0.3) is 10.9 Å². The first-order chi connectivity index (χ1) is 13.5. The number of rotatable bonds is 6. The van der Waals surface area contributed by atoms with Crippen LogP contribution in [0.4, 0.5) is 0 Å². The summed E-state index contributed by atoms with van der Waals surface area (Å²) in [5.41, 5.74) is 3.94. The maximum Gasteiger partial charge on any atom is 0.307 e. The molecule has 0 unspecified atom stereocenters. The summed E-state index contributed by atoms with van der Waals surface area (Å²) in [6.07, 6.45) is 8.49. The molecule has 1 aliphatic rings. The zero-order chi connectivity index (χ0) is 19.7. The van der Waals surface area contributed by atoms with Gasteiger partial charge in [0.2, 0.25) is 0 Å². The van der Waals surface area contributed by atoms with Crippen molar-refractivity contribution in [3.63, 3.8) is 0 Å². The number of H-pyrrole nitrogens is 1. The fourth-order valence-corrected chi connectivity index (χ4v) is 4.57. The van der Waals surface area contributed by atoms with E-state index in [-0.39, 0.29) is 6.42 Å². The van der Waals surface area contributed by atoms with Crippen molar-refractivity contribution in [2.45, 2.75) is 45.4 Å². The Hall–Kier alpha value is -2.46. The topological polar surface area (TPSA) is 62.3 Å². The Kier molecular flexibility index (Phi) is 5.31. The maximum atomic E-state index is 10.9. The molecule has 1 aromatic heterocycles. The van der Waals surface area contributed by atoms with E-state index in [1.807, 2.05) is 25.1 Å². The number of carbonyl (C=O) groups is 1. The van der Waals surface area contributed by atoms with E-state index in [0.717, 1.165) is 29.2 Å². The van der Waals surface area contributed by atoms with E-state index in [1.54, 1.807) is 6.07 Å². The lowest BCUT2D eigenvalue weighted by molar-refractivity contribution is -0.136. The van der Waals surface area contributed by atoms with Gasteiger partial charge in [-0.05, 0) is 60.2 Å². The Bertz CT molecular complexity index is 995. The van der Waals surface area contributed by atoms with Crippen molar-refractivity contribution in [2.75, 3.05) is 0 Å². The summed E-state index contributed by atoms with van der Waals surface area (Å²) in [5, 5.41) is 10.6. The second-order valence-corrected chi connectivity index (χ2v) is 8.18. The van der Waals surface area contributed by atoms with E-state index in [4.69, 9.17) is 21.4 Å². The number of nitrogens with one attached hydrogen (secondary N) is 1. The number of aromatic nitrogens is 1. The van der Waals surface area contributed by atoms with E-state index in [1.165, 1.54) is 36.6 Å². The average molecular weight is 398 g/mol. The standard InChI is InChI=1S/C23H24ClNO3/c1-14-8-16(11-22(26)27)10-20(24)23(14)28-18-6-7-21-19(12-18)17(13-25-21)9-15-4-2-3-5-15/h6-8,10,12-13,15,25H,2-5,9,11H2,1H3,(H,26,27). The van der Waals surface area contributed by atoms with Crippen molar-refractivity contribution in [1.82, 2.24) is 4.98 Å². The summed E-state index contributed by atoms with van der Waals surface area (Å²) in [7, 11) is 0. The van der Waals surface area contributed by atoms with Crippen LogP contribution in [0, 0.1) is 12.8 Å². The summed E-state index contributed by atoms with van der Waals surface area (Å²) in [6, 6.07) is 9.51. The van der Waals surface area contributed by atoms with Gasteiger partial charge in [-0.3, -0.25) is 4.79 Å². The molecule has 2 aromatic carbocycles. The van der Waals surface area contributed by atoms with E-state index >= 15 is 0 Å². The normalized spacial score (nSPS) is 14.6. The molecular weight excluding hydrogens is 374 g/mol. The highest BCUT2D eigenvalue weighted by atomic mass is 35.5. The second-order valence-electron chi connectivity index (χ2n) is 7.77. The lowest BCUT2D eigenvalue weighted by Crippen LogP contribution is -2.01. The highest BCUT2D eigenvalue weighted by Gasteiger charge is 2.18. The van der Waals surface area contributed by atoms with Gasteiger partial charge in [0.15, 0.2) is 0 Å². The van der Waals surface area contributed by atoms with Crippen molar-refractivity contribution >= 4 is 28.5 Å². The zero-order valence-corrected chi connectivity index (χ0v) is 16.7. The molecular formula is C23H24ClNO3. The highest BCUT2D eigenvalue weighted by Crippen LogP contribution is 2.36. The SMILES string of the molecule is Cc1cc(CC(=O)O)cc(Cl)c1Oc1ccc2[nH]cc(CC3CCCC3)c2c1. The highest BCUT2D eigenvalue weighted by molar-refractivity contribution is 6.32. The lowest BCUT2D eigenvalue weighted by atomic mass is 9.98. The fraction of sp³-hybridized carbons (Fsp3) is 0.348. The molecule has 1 aliphatic carbocycles. The molecule has 0 saturated heterocycles. The van der Waals surface area contributed by atoms with Crippen LogP contribution in [-0.4, -0.2) is 16.1 Å². The Morgan fingerprint density at radius 1 is 1.25 bits per heavy atom. The Morgan fingerprint density at radius 3 is 2.75 bits per heavy atom. The number of fused-ring (bicyclic) bond motifs is 1. The van der Waals surface area contributed by atoms with Gasteiger partial charge in [0, 0.05) is 17.1 Å². The van der Waals surface area contributed by atoms with Crippen LogP contribution in [0.1, 0.15) is 42.4 Å². The van der Waals surface area contributed by atoms with Gasteiger partial charge in [-0.1, -0.05) is 43.4 Å². The minimum atomic E-state index is -0.878. The quantitative estimate of drug-likeness (QED) is 0.514. The largest absolute Gasteiger partial charge is 0.481 e. The Balaban J connectivity index is 1.60. The number of hydrogen-bond acceptors (Lipinski definition) is 2. The molecule has 5 heteroatoms. The number of aryl methyl sites for hydroxylation is 1. The molecule has 3 aromatic rings. The number of carboxylic acids is 1. The molecule has 0 amide bonds. The zero-order valence-electron chi connectivity index (χ0n) is 15.9. The minimum Gasteiger partial charge on any atom is -0.481 e.